The molecular weight excluding hydrogens is 240 g/mol. The van der Waals surface area contributed by atoms with Gasteiger partial charge >= 0.3 is 0 Å². The molecule has 5 nitrogen and oxygen atoms in total. The van der Waals surface area contributed by atoms with Gasteiger partial charge in [0.25, 0.3) is 0 Å². The molecule has 0 unspecified atom stereocenters. The van der Waals surface area contributed by atoms with Gasteiger partial charge in [-0.25, -0.2) is 13.1 Å². The number of nitrogens with one attached hydrogen (secondary N) is 1. The molecule has 1 atom stereocenters. The summed E-state index contributed by atoms with van der Waals surface area (Å²) >= 11 is 0. The van der Waals surface area contributed by atoms with Gasteiger partial charge in [-0.2, -0.15) is 0 Å². The second-order valence-corrected chi connectivity index (χ2v) is 5.91. The fraction of sp³-hybridized carbons (Fsp3) is 0.455. The Balaban J connectivity index is 3.11. The summed E-state index contributed by atoms with van der Waals surface area (Å²) in [6, 6.07) is 3.17. The molecule has 0 aliphatic rings. The van der Waals surface area contributed by atoms with Crippen molar-refractivity contribution in [3.05, 3.63) is 23.3 Å². The van der Waals surface area contributed by atoms with Crippen molar-refractivity contribution >= 4 is 15.7 Å². The third-order valence-corrected chi connectivity index (χ3v) is 3.96. The van der Waals surface area contributed by atoms with Gasteiger partial charge in [0.05, 0.1) is 11.8 Å². The first-order valence-corrected chi connectivity index (χ1v) is 6.77. The van der Waals surface area contributed by atoms with E-state index in [0.717, 1.165) is 11.1 Å². The molecule has 0 spiro atoms. The molecule has 96 valence electrons. The predicted molar refractivity (Wildman–Crippen MR) is 67.2 cm³/mol. The summed E-state index contributed by atoms with van der Waals surface area (Å²) in [4.78, 5) is 0.0567. The smallest absolute Gasteiger partial charge is 0.242 e. The summed E-state index contributed by atoms with van der Waals surface area (Å²) in [5.74, 6) is 0. The van der Waals surface area contributed by atoms with Crippen LogP contribution in [-0.4, -0.2) is 26.2 Å². The summed E-state index contributed by atoms with van der Waals surface area (Å²) in [6.45, 7) is 5.16. The summed E-state index contributed by atoms with van der Waals surface area (Å²) in [5.41, 5.74) is 7.71. The number of hydrogen-bond acceptors (Lipinski definition) is 4. The van der Waals surface area contributed by atoms with E-state index < -0.39 is 16.1 Å². The zero-order valence-electron chi connectivity index (χ0n) is 10.2. The molecule has 0 bridgehead atoms. The van der Waals surface area contributed by atoms with E-state index in [9.17, 15) is 8.42 Å². The van der Waals surface area contributed by atoms with Crippen LogP contribution in [0.1, 0.15) is 18.1 Å². The van der Waals surface area contributed by atoms with Gasteiger partial charge in [-0.05, 0) is 44.0 Å². The summed E-state index contributed by atoms with van der Waals surface area (Å²) in [5, 5.41) is 9.07. The van der Waals surface area contributed by atoms with Crippen molar-refractivity contribution in [1.29, 1.82) is 0 Å². The van der Waals surface area contributed by atoms with E-state index in [1.54, 1.807) is 6.07 Å². The topological polar surface area (TPSA) is 92.4 Å². The van der Waals surface area contributed by atoms with E-state index in [2.05, 4.69) is 4.72 Å². The average Bonchev–Trinajstić information content (AvgIpc) is 2.20. The van der Waals surface area contributed by atoms with E-state index in [1.165, 1.54) is 13.0 Å². The van der Waals surface area contributed by atoms with Gasteiger partial charge in [-0.3, -0.25) is 0 Å². The first-order chi connectivity index (χ1) is 7.74. The molecule has 0 fully saturated rings. The minimum Gasteiger partial charge on any atom is -0.398 e. The highest BCUT2D eigenvalue weighted by molar-refractivity contribution is 7.89. The van der Waals surface area contributed by atoms with Gasteiger partial charge in [0.15, 0.2) is 0 Å². The van der Waals surface area contributed by atoms with E-state index in [1.807, 2.05) is 13.8 Å². The van der Waals surface area contributed by atoms with Crippen LogP contribution in [0, 0.1) is 13.8 Å². The van der Waals surface area contributed by atoms with Crippen LogP contribution in [0.5, 0.6) is 0 Å². The van der Waals surface area contributed by atoms with Crippen molar-refractivity contribution in [2.24, 2.45) is 0 Å². The number of nitrogens with two attached hydrogens (primary N) is 1. The number of hydrogen-bond donors (Lipinski definition) is 3. The standard InChI is InChI=1S/C11H18N2O3S/c1-7-4-10(12)11(5-8(7)2)17(15,16)13-6-9(3)14/h4-5,9,13-14H,6,12H2,1-3H3/t9-/m1/s1. The summed E-state index contributed by atoms with van der Waals surface area (Å²) < 4.78 is 26.1. The molecule has 0 radical (unpaired) electrons. The second-order valence-electron chi connectivity index (χ2n) is 4.18. The van der Waals surface area contributed by atoms with Crippen LogP contribution in [0.4, 0.5) is 5.69 Å². The Morgan fingerprint density at radius 2 is 1.88 bits per heavy atom. The Morgan fingerprint density at radius 1 is 1.35 bits per heavy atom. The Labute approximate surface area is 102 Å². The third-order valence-electron chi connectivity index (χ3n) is 2.48. The molecule has 4 N–H and O–H groups in total. The maximum atomic E-state index is 11.9. The molecule has 0 heterocycles. The minimum atomic E-state index is -3.66. The molecule has 0 amide bonds. The molecule has 0 aliphatic heterocycles. The van der Waals surface area contributed by atoms with Gasteiger partial charge in [0.2, 0.25) is 10.0 Å². The lowest BCUT2D eigenvalue weighted by molar-refractivity contribution is 0.198. The SMILES string of the molecule is Cc1cc(N)c(S(=O)(=O)NC[C@@H](C)O)cc1C. The highest BCUT2D eigenvalue weighted by Crippen LogP contribution is 2.22. The molecule has 1 aromatic carbocycles. The minimum absolute atomic E-state index is 0.0330. The van der Waals surface area contributed by atoms with Crippen LogP contribution in [0.3, 0.4) is 0 Å². The third kappa shape index (κ3) is 3.42. The highest BCUT2D eigenvalue weighted by atomic mass is 32.2. The van der Waals surface area contributed by atoms with Crippen molar-refractivity contribution in [3.8, 4) is 0 Å². The molecular formula is C11H18N2O3S. The molecule has 6 heteroatoms. The lowest BCUT2D eigenvalue weighted by atomic mass is 10.1. The Bertz CT molecular complexity index is 510. The fourth-order valence-electron chi connectivity index (χ4n) is 1.35. The van der Waals surface area contributed by atoms with Crippen LogP contribution in [-0.2, 0) is 10.0 Å². The lowest BCUT2D eigenvalue weighted by Gasteiger charge is -2.12. The van der Waals surface area contributed by atoms with Crippen molar-refractivity contribution in [2.75, 3.05) is 12.3 Å². The maximum absolute atomic E-state index is 11.9. The summed E-state index contributed by atoms with van der Waals surface area (Å²) in [7, 11) is -3.66. The maximum Gasteiger partial charge on any atom is 0.242 e. The van der Waals surface area contributed by atoms with Crippen LogP contribution >= 0.6 is 0 Å². The van der Waals surface area contributed by atoms with Gasteiger partial charge in [0.1, 0.15) is 4.90 Å². The molecule has 0 saturated heterocycles. The van der Waals surface area contributed by atoms with Crippen LogP contribution < -0.4 is 10.5 Å². The quantitative estimate of drug-likeness (QED) is 0.687. The Morgan fingerprint density at radius 3 is 2.41 bits per heavy atom. The van der Waals surface area contributed by atoms with Crippen LogP contribution in [0.25, 0.3) is 0 Å². The normalized spacial score (nSPS) is 13.6. The van der Waals surface area contributed by atoms with Crippen molar-refractivity contribution in [2.45, 2.75) is 31.8 Å². The van der Waals surface area contributed by atoms with E-state index in [-0.39, 0.29) is 17.1 Å². The fourth-order valence-corrected chi connectivity index (χ4v) is 2.67. The monoisotopic (exact) mass is 258 g/mol. The number of aliphatic hydroxyl groups is 1. The van der Waals surface area contributed by atoms with Crippen molar-refractivity contribution < 1.29 is 13.5 Å². The molecule has 17 heavy (non-hydrogen) atoms. The molecule has 1 rings (SSSR count). The van der Waals surface area contributed by atoms with E-state index in [4.69, 9.17) is 10.8 Å². The number of sulfonamides is 1. The summed E-state index contributed by atoms with van der Waals surface area (Å²) in [6.07, 6.45) is -0.738. The molecule has 1 aromatic rings. The molecule has 0 aromatic heterocycles. The zero-order valence-corrected chi connectivity index (χ0v) is 11.0. The number of aliphatic hydroxyl groups excluding tert-OH is 1. The highest BCUT2D eigenvalue weighted by Gasteiger charge is 2.18. The average molecular weight is 258 g/mol. The zero-order chi connectivity index (χ0) is 13.2. The van der Waals surface area contributed by atoms with Crippen molar-refractivity contribution in [1.82, 2.24) is 4.72 Å². The molecule has 0 saturated carbocycles. The number of rotatable bonds is 4. The Hall–Kier alpha value is -1.11. The van der Waals surface area contributed by atoms with E-state index in [0.29, 0.717) is 0 Å². The largest absolute Gasteiger partial charge is 0.398 e. The van der Waals surface area contributed by atoms with E-state index >= 15 is 0 Å². The lowest BCUT2D eigenvalue weighted by Crippen LogP contribution is -2.31. The number of aryl methyl sites for hydroxylation is 2. The predicted octanol–water partition coefficient (Wildman–Crippen LogP) is 0.545. The van der Waals surface area contributed by atoms with Gasteiger partial charge in [0, 0.05) is 6.54 Å². The van der Waals surface area contributed by atoms with Gasteiger partial charge in [-0.1, -0.05) is 0 Å². The second kappa shape index (κ2) is 5.03. The Kier molecular flexibility index (Phi) is 4.13. The molecule has 0 aliphatic carbocycles. The number of nitrogen functional groups attached to an aromatic ring is 1. The first-order valence-electron chi connectivity index (χ1n) is 5.28. The van der Waals surface area contributed by atoms with Crippen LogP contribution in [0.15, 0.2) is 17.0 Å². The number of benzene rings is 1. The first kappa shape index (κ1) is 14.0. The van der Waals surface area contributed by atoms with Crippen LogP contribution in [0.2, 0.25) is 0 Å². The van der Waals surface area contributed by atoms with Gasteiger partial charge in [-0.15, -0.1) is 0 Å². The van der Waals surface area contributed by atoms with Crippen molar-refractivity contribution in [3.63, 3.8) is 0 Å². The van der Waals surface area contributed by atoms with Gasteiger partial charge < -0.3 is 10.8 Å². The number of anilines is 1.